The molecule has 2 aromatic rings. The number of hydrogen-bond acceptors (Lipinski definition) is 2. The average Bonchev–Trinajstić information content (AvgIpc) is 2.34. The highest BCUT2D eigenvalue weighted by Crippen LogP contribution is 2.08. The molecule has 0 amide bonds. The van der Waals surface area contributed by atoms with Crippen molar-refractivity contribution in [3.05, 3.63) is 24.5 Å². The summed E-state index contributed by atoms with van der Waals surface area (Å²) >= 11 is 0. The summed E-state index contributed by atoms with van der Waals surface area (Å²) in [7, 11) is 5.54. The van der Waals surface area contributed by atoms with Crippen LogP contribution in [0.1, 0.15) is 0 Å². The normalized spacial score (nSPS) is 10.5. The van der Waals surface area contributed by atoms with Crippen LogP contribution in [0.2, 0.25) is 0 Å². The van der Waals surface area contributed by atoms with Gasteiger partial charge in [-0.25, -0.2) is 4.52 Å². The molecule has 0 atom stereocenters. The number of nitrogens with two attached hydrogens (primary N) is 1. The summed E-state index contributed by atoms with van der Waals surface area (Å²) in [6.07, 6.45) is 3.41. The fourth-order valence-corrected chi connectivity index (χ4v) is 1.08. The second-order valence-corrected chi connectivity index (χ2v) is 2.39. The molecule has 0 aliphatic rings. The maximum atomic E-state index is 5.66. The second-order valence-electron chi connectivity index (χ2n) is 2.39. The van der Waals surface area contributed by atoms with E-state index in [1.165, 1.54) is 0 Å². The summed E-state index contributed by atoms with van der Waals surface area (Å²) in [5.41, 5.74) is 7.83. The zero-order valence-corrected chi connectivity index (χ0v) is 5.86. The topological polar surface area (TPSA) is 43.3 Å². The zero-order valence-electron chi connectivity index (χ0n) is 5.86. The first-order valence-corrected chi connectivity index (χ1v) is 3.26. The lowest BCUT2D eigenvalue weighted by atomic mass is 9.98. The van der Waals surface area contributed by atoms with Gasteiger partial charge in [-0.1, -0.05) is 5.46 Å². The van der Waals surface area contributed by atoms with Crippen molar-refractivity contribution in [1.29, 1.82) is 0 Å². The van der Waals surface area contributed by atoms with Gasteiger partial charge in [0, 0.05) is 6.20 Å². The molecule has 2 heterocycles. The quantitative estimate of drug-likeness (QED) is 0.515. The highest BCUT2D eigenvalue weighted by molar-refractivity contribution is 6.32. The van der Waals surface area contributed by atoms with Gasteiger partial charge in [0.05, 0.1) is 17.4 Å². The Balaban J connectivity index is 2.91. The van der Waals surface area contributed by atoms with Crippen molar-refractivity contribution in [3.63, 3.8) is 0 Å². The maximum absolute atomic E-state index is 5.66. The van der Waals surface area contributed by atoms with Gasteiger partial charge in [-0.15, -0.1) is 0 Å². The van der Waals surface area contributed by atoms with E-state index < -0.39 is 0 Å². The summed E-state index contributed by atoms with van der Waals surface area (Å²) in [5.74, 6) is 0. The van der Waals surface area contributed by atoms with Gasteiger partial charge >= 0.3 is 0 Å². The number of fused-ring (bicyclic) bond motifs is 1. The van der Waals surface area contributed by atoms with E-state index in [0.29, 0.717) is 11.2 Å². The number of nitrogens with zero attached hydrogens (tertiary/aromatic N) is 2. The lowest BCUT2D eigenvalue weighted by Crippen LogP contribution is -2.07. The van der Waals surface area contributed by atoms with Gasteiger partial charge in [-0.3, -0.25) is 0 Å². The first-order chi connectivity index (χ1) is 5.27. The molecule has 0 unspecified atom stereocenters. The highest BCUT2D eigenvalue weighted by atomic mass is 15.2. The molecule has 4 heteroatoms. The molecule has 3 nitrogen and oxygen atoms in total. The Kier molecular flexibility index (Phi) is 1.15. The van der Waals surface area contributed by atoms with Crippen LogP contribution < -0.4 is 11.2 Å². The molecular formula is C7H6BN3. The minimum Gasteiger partial charge on any atom is -0.397 e. The predicted molar refractivity (Wildman–Crippen MR) is 45.0 cm³/mol. The average molecular weight is 143 g/mol. The molecule has 0 fully saturated rings. The minimum absolute atomic E-state index is 0.624. The van der Waals surface area contributed by atoms with Crippen molar-refractivity contribution in [1.82, 2.24) is 9.61 Å². The standard InChI is InChI=1S/C7H6BN3/c8-5-3-6(9)7-1-2-10-11(7)4-5/h1-4H,9H2. The number of hydrogen-bond donors (Lipinski definition) is 1. The number of pyridine rings is 1. The fourth-order valence-electron chi connectivity index (χ4n) is 1.08. The lowest BCUT2D eigenvalue weighted by Gasteiger charge is -1.99. The van der Waals surface area contributed by atoms with E-state index in [-0.39, 0.29) is 0 Å². The largest absolute Gasteiger partial charge is 0.397 e. The third kappa shape index (κ3) is 0.870. The van der Waals surface area contributed by atoms with Gasteiger partial charge < -0.3 is 5.73 Å². The number of rotatable bonds is 0. The van der Waals surface area contributed by atoms with Gasteiger partial charge in [0.2, 0.25) is 0 Å². The Morgan fingerprint density at radius 3 is 3.18 bits per heavy atom. The first-order valence-electron chi connectivity index (χ1n) is 3.26. The van der Waals surface area contributed by atoms with E-state index in [1.54, 1.807) is 23.0 Å². The van der Waals surface area contributed by atoms with Crippen LogP contribution in [0.15, 0.2) is 24.5 Å². The zero-order chi connectivity index (χ0) is 7.84. The third-order valence-corrected chi connectivity index (χ3v) is 1.56. The summed E-state index contributed by atoms with van der Waals surface area (Å²) in [6.45, 7) is 0. The van der Waals surface area contributed by atoms with Gasteiger partial charge in [-0.2, -0.15) is 5.10 Å². The number of aromatic nitrogens is 2. The predicted octanol–water partition coefficient (Wildman–Crippen LogP) is -0.290. The van der Waals surface area contributed by atoms with Gasteiger partial charge in [-0.05, 0) is 12.1 Å². The lowest BCUT2D eigenvalue weighted by molar-refractivity contribution is 0.968. The molecular weight excluding hydrogens is 137 g/mol. The first kappa shape index (κ1) is 6.28. The van der Waals surface area contributed by atoms with Crippen molar-refractivity contribution in [2.45, 2.75) is 0 Å². The molecule has 11 heavy (non-hydrogen) atoms. The Morgan fingerprint density at radius 1 is 1.55 bits per heavy atom. The van der Waals surface area contributed by atoms with Gasteiger partial charge in [0.1, 0.15) is 7.85 Å². The van der Waals surface area contributed by atoms with Gasteiger partial charge in [0.15, 0.2) is 0 Å². The number of anilines is 1. The molecule has 0 aromatic carbocycles. The van der Waals surface area contributed by atoms with Crippen LogP contribution in [-0.2, 0) is 0 Å². The van der Waals surface area contributed by atoms with Crippen molar-refractivity contribution in [3.8, 4) is 0 Å². The van der Waals surface area contributed by atoms with E-state index in [1.807, 2.05) is 6.07 Å². The Bertz CT molecular complexity index is 393. The second kappa shape index (κ2) is 2.02. The van der Waals surface area contributed by atoms with Crippen molar-refractivity contribution in [2.24, 2.45) is 0 Å². The third-order valence-electron chi connectivity index (χ3n) is 1.56. The van der Waals surface area contributed by atoms with Crippen LogP contribution in [0.3, 0.4) is 0 Å². The molecule has 52 valence electrons. The molecule has 2 rings (SSSR count). The Morgan fingerprint density at radius 2 is 2.36 bits per heavy atom. The van der Waals surface area contributed by atoms with Crippen molar-refractivity contribution in [2.75, 3.05) is 5.73 Å². The smallest absolute Gasteiger partial charge is 0.116 e. The van der Waals surface area contributed by atoms with Crippen molar-refractivity contribution < 1.29 is 0 Å². The van der Waals surface area contributed by atoms with E-state index in [4.69, 9.17) is 13.6 Å². The Hall–Kier alpha value is -1.45. The molecule has 2 aromatic heterocycles. The van der Waals surface area contributed by atoms with Crippen LogP contribution in [0.5, 0.6) is 0 Å². The monoisotopic (exact) mass is 143 g/mol. The fraction of sp³-hybridized carbons (Fsp3) is 0. The van der Waals surface area contributed by atoms with Crippen LogP contribution in [0.25, 0.3) is 5.52 Å². The minimum atomic E-state index is 0.624. The summed E-state index contributed by atoms with van der Waals surface area (Å²) in [4.78, 5) is 0. The molecule has 0 bridgehead atoms. The molecule has 0 spiro atoms. The molecule has 0 aliphatic carbocycles. The van der Waals surface area contributed by atoms with E-state index in [0.717, 1.165) is 5.52 Å². The molecule has 2 radical (unpaired) electrons. The molecule has 0 saturated carbocycles. The SMILES string of the molecule is [B]c1cc(N)c2ccnn2c1. The summed E-state index contributed by atoms with van der Waals surface area (Å²) in [6, 6.07) is 3.56. The van der Waals surface area contributed by atoms with E-state index in [9.17, 15) is 0 Å². The van der Waals surface area contributed by atoms with Crippen LogP contribution in [0.4, 0.5) is 5.69 Å². The van der Waals surface area contributed by atoms with Crippen LogP contribution in [-0.4, -0.2) is 17.5 Å². The van der Waals surface area contributed by atoms with E-state index >= 15 is 0 Å². The summed E-state index contributed by atoms with van der Waals surface area (Å²) < 4.78 is 1.66. The van der Waals surface area contributed by atoms with Gasteiger partial charge in [0.25, 0.3) is 0 Å². The van der Waals surface area contributed by atoms with E-state index in [2.05, 4.69) is 5.10 Å². The Labute approximate surface area is 65.2 Å². The number of nitrogen functional groups attached to an aromatic ring is 1. The summed E-state index contributed by atoms with van der Waals surface area (Å²) in [5, 5.41) is 4.00. The molecule has 2 N–H and O–H groups in total. The van der Waals surface area contributed by atoms with Crippen LogP contribution in [0, 0.1) is 0 Å². The molecule has 0 aliphatic heterocycles. The van der Waals surface area contributed by atoms with Crippen LogP contribution >= 0.6 is 0 Å². The highest BCUT2D eigenvalue weighted by Gasteiger charge is 1.97. The molecule has 0 saturated heterocycles. The van der Waals surface area contributed by atoms with Crippen molar-refractivity contribution >= 4 is 24.5 Å². The maximum Gasteiger partial charge on any atom is 0.116 e.